The van der Waals surface area contributed by atoms with Crippen LogP contribution in [0.15, 0.2) is 24.3 Å². The van der Waals surface area contributed by atoms with Crippen molar-refractivity contribution in [3.8, 4) is 0 Å². The Labute approximate surface area is 108 Å². The van der Waals surface area contributed by atoms with Crippen LogP contribution < -0.4 is 0 Å². The van der Waals surface area contributed by atoms with E-state index < -0.39 is 0 Å². The van der Waals surface area contributed by atoms with Gasteiger partial charge in [-0.3, -0.25) is 4.79 Å². The number of alkyl halides is 1. The minimum atomic E-state index is 0.103. The number of nitrogens with zero attached hydrogens (tertiary/aromatic N) is 1. The van der Waals surface area contributed by atoms with E-state index in [2.05, 4.69) is 0 Å². The second-order valence-electron chi connectivity index (χ2n) is 4.99. The quantitative estimate of drug-likeness (QED) is 0.756. The first-order chi connectivity index (χ1) is 8.06. The maximum absolute atomic E-state index is 12.1. The number of benzene rings is 1. The molecule has 2 nitrogen and oxygen atoms in total. The van der Waals surface area contributed by atoms with Gasteiger partial charge in [0.05, 0.1) is 0 Å². The van der Waals surface area contributed by atoms with E-state index >= 15 is 0 Å². The van der Waals surface area contributed by atoms with Crippen molar-refractivity contribution in [1.82, 2.24) is 4.90 Å². The molecule has 0 bridgehead atoms. The molecule has 1 aromatic carbocycles. The van der Waals surface area contributed by atoms with Crippen molar-refractivity contribution in [3.63, 3.8) is 0 Å². The standard InChI is InChI=1S/C14H18ClNO/c1-10-4-3-5-12(6-10)14(17)16(2)9-11-7-13(15)8-11/h3-6,11,13H,7-9H2,1-2H3. The summed E-state index contributed by atoms with van der Waals surface area (Å²) in [5.41, 5.74) is 1.89. The SMILES string of the molecule is Cc1cccc(C(=O)N(C)CC2CC(Cl)C2)c1. The van der Waals surface area contributed by atoms with Crippen LogP contribution in [0, 0.1) is 12.8 Å². The zero-order chi connectivity index (χ0) is 12.4. The minimum absolute atomic E-state index is 0.103. The fraction of sp³-hybridized carbons (Fsp3) is 0.500. The molecule has 0 saturated heterocycles. The highest BCUT2D eigenvalue weighted by Crippen LogP contribution is 2.32. The summed E-state index contributed by atoms with van der Waals surface area (Å²) in [6.07, 6.45) is 2.07. The zero-order valence-electron chi connectivity index (χ0n) is 10.3. The predicted octanol–water partition coefficient (Wildman–Crippen LogP) is 3.08. The Hall–Kier alpha value is -1.02. The Balaban J connectivity index is 1.95. The van der Waals surface area contributed by atoms with E-state index in [1.165, 1.54) is 0 Å². The lowest BCUT2D eigenvalue weighted by molar-refractivity contribution is 0.0747. The highest BCUT2D eigenvalue weighted by molar-refractivity contribution is 6.21. The first kappa shape index (κ1) is 12.4. The van der Waals surface area contributed by atoms with Crippen molar-refractivity contribution >= 4 is 17.5 Å². The van der Waals surface area contributed by atoms with E-state index in [0.717, 1.165) is 30.5 Å². The van der Waals surface area contributed by atoms with E-state index in [1.807, 2.05) is 43.1 Å². The highest BCUT2D eigenvalue weighted by atomic mass is 35.5. The minimum Gasteiger partial charge on any atom is -0.341 e. The van der Waals surface area contributed by atoms with Crippen LogP contribution in [0.3, 0.4) is 0 Å². The molecule has 1 aliphatic carbocycles. The van der Waals surface area contributed by atoms with Gasteiger partial charge in [0.15, 0.2) is 0 Å². The van der Waals surface area contributed by atoms with Gasteiger partial charge in [-0.2, -0.15) is 0 Å². The number of amides is 1. The second kappa shape index (κ2) is 5.09. The molecule has 1 saturated carbocycles. The summed E-state index contributed by atoms with van der Waals surface area (Å²) in [5, 5.41) is 0.322. The summed E-state index contributed by atoms with van der Waals surface area (Å²) in [6.45, 7) is 2.82. The number of halogens is 1. The van der Waals surface area contributed by atoms with E-state index in [0.29, 0.717) is 11.3 Å². The van der Waals surface area contributed by atoms with E-state index in [4.69, 9.17) is 11.6 Å². The molecule has 1 aromatic rings. The molecule has 0 aliphatic heterocycles. The Morgan fingerprint density at radius 3 is 2.76 bits per heavy atom. The average molecular weight is 252 g/mol. The topological polar surface area (TPSA) is 20.3 Å². The van der Waals surface area contributed by atoms with Gasteiger partial charge in [-0.15, -0.1) is 11.6 Å². The third-order valence-corrected chi connectivity index (χ3v) is 3.68. The van der Waals surface area contributed by atoms with Crippen molar-refractivity contribution in [3.05, 3.63) is 35.4 Å². The maximum atomic E-state index is 12.1. The molecule has 1 amide bonds. The molecule has 0 heterocycles. The van der Waals surface area contributed by atoms with Crippen molar-refractivity contribution in [1.29, 1.82) is 0 Å². The van der Waals surface area contributed by atoms with Crippen LogP contribution in [0.5, 0.6) is 0 Å². The summed E-state index contributed by atoms with van der Waals surface area (Å²) in [5.74, 6) is 0.683. The van der Waals surface area contributed by atoms with Gasteiger partial charge < -0.3 is 4.90 Å². The van der Waals surface area contributed by atoms with Gasteiger partial charge in [-0.1, -0.05) is 17.7 Å². The van der Waals surface area contributed by atoms with Crippen molar-refractivity contribution in [2.24, 2.45) is 5.92 Å². The Kier molecular flexibility index (Phi) is 3.72. The molecule has 0 aromatic heterocycles. The molecular weight excluding hydrogens is 234 g/mol. The zero-order valence-corrected chi connectivity index (χ0v) is 11.1. The van der Waals surface area contributed by atoms with Crippen LogP contribution >= 0.6 is 11.6 Å². The smallest absolute Gasteiger partial charge is 0.253 e. The van der Waals surface area contributed by atoms with Crippen LogP contribution in [0.2, 0.25) is 0 Å². The van der Waals surface area contributed by atoms with Crippen LogP contribution in [0.25, 0.3) is 0 Å². The lowest BCUT2D eigenvalue weighted by Gasteiger charge is -2.34. The molecule has 92 valence electrons. The van der Waals surface area contributed by atoms with Gasteiger partial charge in [0.2, 0.25) is 0 Å². The number of rotatable bonds is 3. The molecule has 0 unspecified atom stereocenters. The van der Waals surface area contributed by atoms with Crippen LogP contribution in [0.1, 0.15) is 28.8 Å². The van der Waals surface area contributed by atoms with Gasteiger partial charge in [0, 0.05) is 24.5 Å². The summed E-state index contributed by atoms with van der Waals surface area (Å²) < 4.78 is 0. The Morgan fingerprint density at radius 2 is 2.18 bits per heavy atom. The van der Waals surface area contributed by atoms with E-state index in [1.54, 1.807) is 0 Å². The number of hydrogen-bond donors (Lipinski definition) is 0. The molecule has 1 aliphatic rings. The monoisotopic (exact) mass is 251 g/mol. The molecule has 0 spiro atoms. The third-order valence-electron chi connectivity index (χ3n) is 3.32. The highest BCUT2D eigenvalue weighted by Gasteiger charge is 2.29. The number of hydrogen-bond acceptors (Lipinski definition) is 1. The first-order valence-corrected chi connectivity index (χ1v) is 6.46. The Morgan fingerprint density at radius 1 is 1.47 bits per heavy atom. The maximum Gasteiger partial charge on any atom is 0.253 e. The molecule has 0 N–H and O–H groups in total. The van der Waals surface area contributed by atoms with Gasteiger partial charge >= 0.3 is 0 Å². The van der Waals surface area contributed by atoms with E-state index in [9.17, 15) is 4.79 Å². The Bertz CT molecular complexity index is 412. The van der Waals surface area contributed by atoms with Crippen molar-refractivity contribution in [2.75, 3.05) is 13.6 Å². The molecule has 17 heavy (non-hydrogen) atoms. The number of carbonyl (C=O) groups is 1. The number of carbonyl (C=O) groups excluding carboxylic acids is 1. The number of aryl methyl sites for hydroxylation is 1. The van der Waals surface area contributed by atoms with Gasteiger partial charge in [0.1, 0.15) is 0 Å². The van der Waals surface area contributed by atoms with E-state index in [-0.39, 0.29) is 5.91 Å². The van der Waals surface area contributed by atoms with Crippen molar-refractivity contribution < 1.29 is 4.79 Å². The lowest BCUT2D eigenvalue weighted by atomic mass is 9.84. The molecular formula is C14H18ClNO. The van der Waals surface area contributed by atoms with Crippen LogP contribution in [-0.4, -0.2) is 29.8 Å². The van der Waals surface area contributed by atoms with Gasteiger partial charge in [0.25, 0.3) is 5.91 Å². The molecule has 0 radical (unpaired) electrons. The normalized spacial score (nSPS) is 23.0. The molecule has 1 fully saturated rings. The summed E-state index contributed by atoms with van der Waals surface area (Å²) in [7, 11) is 1.87. The predicted molar refractivity (Wildman–Crippen MR) is 70.5 cm³/mol. The summed E-state index contributed by atoms with van der Waals surface area (Å²) in [4.78, 5) is 14.0. The van der Waals surface area contributed by atoms with Gasteiger partial charge in [-0.05, 0) is 37.8 Å². The average Bonchev–Trinajstić information content (AvgIpc) is 2.26. The van der Waals surface area contributed by atoms with Crippen LogP contribution in [0.4, 0.5) is 0 Å². The second-order valence-corrected chi connectivity index (χ2v) is 5.61. The van der Waals surface area contributed by atoms with Crippen molar-refractivity contribution in [2.45, 2.75) is 25.1 Å². The molecule has 2 rings (SSSR count). The van der Waals surface area contributed by atoms with Crippen LogP contribution in [-0.2, 0) is 0 Å². The largest absolute Gasteiger partial charge is 0.341 e. The molecule has 3 heteroatoms. The fourth-order valence-electron chi connectivity index (χ4n) is 2.27. The fourth-order valence-corrected chi connectivity index (χ4v) is 2.78. The summed E-state index contributed by atoms with van der Waals surface area (Å²) >= 11 is 5.94. The molecule has 0 atom stereocenters. The van der Waals surface area contributed by atoms with Gasteiger partial charge in [-0.25, -0.2) is 0 Å². The lowest BCUT2D eigenvalue weighted by Crippen LogP contribution is -2.37. The summed E-state index contributed by atoms with van der Waals surface area (Å²) in [6, 6.07) is 7.73. The third kappa shape index (κ3) is 3.01. The first-order valence-electron chi connectivity index (χ1n) is 6.02.